The molecule has 0 atom stereocenters. The first-order valence-corrected chi connectivity index (χ1v) is 6.17. The van der Waals surface area contributed by atoms with Gasteiger partial charge in [0.25, 0.3) is 0 Å². The van der Waals surface area contributed by atoms with E-state index in [-0.39, 0.29) is 15.7 Å². The molecule has 0 unspecified atom stereocenters. The second-order valence-corrected chi connectivity index (χ2v) is 4.83. The number of halogens is 5. The van der Waals surface area contributed by atoms with Gasteiger partial charge in [0.1, 0.15) is 10.8 Å². The summed E-state index contributed by atoms with van der Waals surface area (Å²) in [5, 5.41) is -0.115. The van der Waals surface area contributed by atoms with Crippen molar-refractivity contribution < 1.29 is 22.0 Å². The monoisotopic (exact) mass is 322 g/mol. The first-order chi connectivity index (χ1) is 9.79. The molecule has 0 spiro atoms. The maximum Gasteiger partial charge on any atom is 0.451 e. The first-order valence-electron chi connectivity index (χ1n) is 5.35. The van der Waals surface area contributed by atoms with Crippen molar-refractivity contribution in [2.24, 2.45) is 5.84 Å². The van der Waals surface area contributed by atoms with Crippen LogP contribution in [0.4, 0.5) is 27.8 Å². The van der Waals surface area contributed by atoms with Crippen LogP contribution >= 0.6 is 11.8 Å². The van der Waals surface area contributed by atoms with Crippen LogP contribution in [0.1, 0.15) is 5.82 Å². The fraction of sp³-hybridized carbons (Fsp3) is 0.0909. The van der Waals surface area contributed by atoms with Gasteiger partial charge in [-0.15, -0.1) is 0 Å². The fourth-order valence-electron chi connectivity index (χ4n) is 1.34. The number of aromatic nitrogens is 2. The molecule has 0 saturated carbocycles. The Balaban J connectivity index is 2.36. The van der Waals surface area contributed by atoms with Crippen LogP contribution < -0.4 is 11.3 Å². The molecule has 3 N–H and O–H groups in total. The zero-order valence-electron chi connectivity index (χ0n) is 10.1. The highest BCUT2D eigenvalue weighted by atomic mass is 32.2. The van der Waals surface area contributed by atoms with Gasteiger partial charge in [0.2, 0.25) is 5.82 Å². The van der Waals surface area contributed by atoms with Gasteiger partial charge in [-0.3, -0.25) is 0 Å². The van der Waals surface area contributed by atoms with Crippen LogP contribution in [-0.4, -0.2) is 9.97 Å². The van der Waals surface area contributed by atoms with Gasteiger partial charge < -0.3 is 5.43 Å². The summed E-state index contributed by atoms with van der Waals surface area (Å²) in [6.45, 7) is 0. The van der Waals surface area contributed by atoms with Crippen LogP contribution in [0.2, 0.25) is 0 Å². The van der Waals surface area contributed by atoms with E-state index in [1.165, 1.54) is 6.07 Å². The molecule has 2 rings (SSSR count). The number of hydrogen-bond acceptors (Lipinski definition) is 5. The van der Waals surface area contributed by atoms with Gasteiger partial charge in [0, 0.05) is 11.0 Å². The van der Waals surface area contributed by atoms with E-state index in [0.29, 0.717) is 11.8 Å². The third-order valence-corrected chi connectivity index (χ3v) is 3.13. The summed E-state index contributed by atoms with van der Waals surface area (Å²) < 4.78 is 63.7. The Hall–Kier alpha value is -1.94. The van der Waals surface area contributed by atoms with Crippen molar-refractivity contribution in [3.05, 3.63) is 41.7 Å². The fourth-order valence-corrected chi connectivity index (χ4v) is 2.18. The molecule has 0 aliphatic heterocycles. The molecule has 1 heterocycles. The summed E-state index contributed by atoms with van der Waals surface area (Å²) in [6.07, 6.45) is -4.75. The maximum absolute atomic E-state index is 13.1. The summed E-state index contributed by atoms with van der Waals surface area (Å²) in [5.74, 6) is 1.25. The molecule has 1 aromatic carbocycles. The van der Waals surface area contributed by atoms with Crippen LogP contribution in [0.3, 0.4) is 0 Å². The number of benzene rings is 1. The quantitative estimate of drug-likeness (QED) is 0.393. The number of nitrogens with zero attached hydrogens (tertiary/aromatic N) is 2. The molecule has 0 bridgehead atoms. The van der Waals surface area contributed by atoms with Crippen LogP contribution in [0, 0.1) is 11.6 Å². The lowest BCUT2D eigenvalue weighted by atomic mass is 10.3. The number of hydrazine groups is 1. The summed E-state index contributed by atoms with van der Waals surface area (Å²) >= 11 is 0.717. The standard InChI is InChI=1S/C11H7F5N4S/c12-6-2-1-5(3-7(6)13)21-9-4-8(20-17)18-10(19-9)11(14,15)16/h1-4H,17H2,(H,18,19,20). The zero-order chi connectivity index (χ0) is 15.6. The van der Waals surface area contributed by atoms with Crippen LogP contribution in [0.25, 0.3) is 0 Å². The molecular formula is C11H7F5N4S. The molecule has 112 valence electrons. The molecule has 0 saturated heterocycles. The second-order valence-electron chi connectivity index (χ2n) is 3.74. The molecule has 0 radical (unpaired) electrons. The SMILES string of the molecule is NNc1cc(Sc2ccc(F)c(F)c2)nc(C(F)(F)F)n1. The largest absolute Gasteiger partial charge is 0.451 e. The van der Waals surface area contributed by atoms with Crippen LogP contribution in [0.15, 0.2) is 34.2 Å². The van der Waals surface area contributed by atoms with E-state index in [2.05, 4.69) is 9.97 Å². The predicted octanol–water partition coefficient (Wildman–Crippen LogP) is 3.21. The van der Waals surface area contributed by atoms with E-state index in [0.717, 1.165) is 18.2 Å². The Kier molecular flexibility index (Phi) is 4.28. The van der Waals surface area contributed by atoms with Crippen molar-refractivity contribution in [1.29, 1.82) is 0 Å². The minimum atomic E-state index is -4.75. The molecular weight excluding hydrogens is 315 g/mol. The number of hydrogen-bond donors (Lipinski definition) is 2. The van der Waals surface area contributed by atoms with E-state index >= 15 is 0 Å². The lowest BCUT2D eigenvalue weighted by Gasteiger charge is -2.09. The normalized spacial score (nSPS) is 11.5. The Morgan fingerprint density at radius 1 is 1.05 bits per heavy atom. The van der Waals surface area contributed by atoms with Gasteiger partial charge in [-0.1, -0.05) is 11.8 Å². The average molecular weight is 322 g/mol. The van der Waals surface area contributed by atoms with Gasteiger partial charge in [0.05, 0.1) is 0 Å². The molecule has 1 aromatic heterocycles. The minimum absolute atomic E-state index is 0.115. The van der Waals surface area contributed by atoms with Crippen LogP contribution in [0.5, 0.6) is 0 Å². The zero-order valence-corrected chi connectivity index (χ0v) is 10.9. The molecule has 0 amide bonds. The molecule has 0 aliphatic carbocycles. The third-order valence-electron chi connectivity index (χ3n) is 2.22. The topological polar surface area (TPSA) is 63.8 Å². The number of anilines is 1. The smallest absolute Gasteiger partial charge is 0.308 e. The molecule has 0 fully saturated rings. The summed E-state index contributed by atoms with van der Waals surface area (Å²) in [4.78, 5) is 6.68. The summed E-state index contributed by atoms with van der Waals surface area (Å²) in [7, 11) is 0. The van der Waals surface area contributed by atoms with Crippen molar-refractivity contribution in [2.75, 3.05) is 5.43 Å². The van der Waals surface area contributed by atoms with Crippen molar-refractivity contribution >= 4 is 17.6 Å². The van der Waals surface area contributed by atoms with Crippen molar-refractivity contribution in [2.45, 2.75) is 16.1 Å². The van der Waals surface area contributed by atoms with E-state index in [1.54, 1.807) is 0 Å². The third kappa shape index (κ3) is 3.79. The van der Waals surface area contributed by atoms with E-state index < -0.39 is 23.6 Å². The van der Waals surface area contributed by atoms with Gasteiger partial charge in [-0.25, -0.2) is 24.6 Å². The highest BCUT2D eigenvalue weighted by Crippen LogP contribution is 2.32. The lowest BCUT2D eigenvalue weighted by Crippen LogP contribution is -2.16. The average Bonchev–Trinajstić information content (AvgIpc) is 2.41. The molecule has 0 aliphatic rings. The molecule has 10 heteroatoms. The molecule has 2 aromatic rings. The Morgan fingerprint density at radius 2 is 1.76 bits per heavy atom. The van der Waals surface area contributed by atoms with Crippen molar-refractivity contribution in [1.82, 2.24) is 9.97 Å². The predicted molar refractivity (Wildman–Crippen MR) is 65.3 cm³/mol. The van der Waals surface area contributed by atoms with Crippen LogP contribution in [-0.2, 0) is 6.18 Å². The summed E-state index contributed by atoms with van der Waals surface area (Å²) in [6, 6.07) is 4.09. The van der Waals surface area contributed by atoms with Gasteiger partial charge >= 0.3 is 6.18 Å². The highest BCUT2D eigenvalue weighted by molar-refractivity contribution is 7.99. The first kappa shape index (κ1) is 15.4. The maximum atomic E-state index is 13.1. The van der Waals surface area contributed by atoms with E-state index in [4.69, 9.17) is 5.84 Å². The Labute approximate surface area is 119 Å². The number of nitrogens with two attached hydrogens (primary N) is 1. The summed E-state index contributed by atoms with van der Waals surface area (Å²) in [5.41, 5.74) is 1.99. The van der Waals surface area contributed by atoms with Crippen molar-refractivity contribution in [3.8, 4) is 0 Å². The number of nitrogen functional groups attached to an aromatic ring is 1. The van der Waals surface area contributed by atoms with E-state index in [9.17, 15) is 22.0 Å². The van der Waals surface area contributed by atoms with E-state index in [1.807, 2.05) is 5.43 Å². The number of rotatable bonds is 3. The van der Waals surface area contributed by atoms with Gasteiger partial charge in [-0.05, 0) is 18.2 Å². The lowest BCUT2D eigenvalue weighted by molar-refractivity contribution is -0.145. The van der Waals surface area contributed by atoms with Crippen molar-refractivity contribution in [3.63, 3.8) is 0 Å². The molecule has 4 nitrogen and oxygen atoms in total. The Bertz CT molecular complexity index is 662. The second kappa shape index (κ2) is 5.82. The molecule has 21 heavy (non-hydrogen) atoms. The number of alkyl halides is 3. The minimum Gasteiger partial charge on any atom is -0.308 e. The number of nitrogens with one attached hydrogen (secondary N) is 1. The highest BCUT2D eigenvalue weighted by Gasteiger charge is 2.35. The van der Waals surface area contributed by atoms with Gasteiger partial charge in [0.15, 0.2) is 11.6 Å². The van der Waals surface area contributed by atoms with Gasteiger partial charge in [-0.2, -0.15) is 13.2 Å². The Morgan fingerprint density at radius 3 is 2.33 bits per heavy atom.